The topological polar surface area (TPSA) is 35.5 Å². The summed E-state index contributed by atoms with van der Waals surface area (Å²) in [4.78, 5) is 0. The molecule has 0 bridgehead atoms. The summed E-state index contributed by atoms with van der Waals surface area (Å²) in [5.41, 5.74) is 0. The molecule has 0 fully saturated rings. The number of benzene rings is 1. The van der Waals surface area contributed by atoms with Crippen molar-refractivity contribution in [3.05, 3.63) is 30.3 Å². The molecule has 130 valence electrons. The van der Waals surface area contributed by atoms with E-state index in [0.717, 1.165) is 18.6 Å². The first kappa shape index (κ1) is 20.1. The van der Waals surface area contributed by atoms with Crippen LogP contribution in [0.15, 0.2) is 30.3 Å². The first-order valence-corrected chi connectivity index (χ1v) is 10.1. The smallest absolute Gasteiger partial charge is 0.442 e. The van der Waals surface area contributed by atoms with Gasteiger partial charge in [-0.3, -0.25) is 0 Å². The monoisotopic (exact) mass is 339 g/mol. The lowest BCUT2D eigenvalue weighted by atomic mass is 10.0. The zero-order valence-electron chi connectivity index (χ0n) is 15.1. The Morgan fingerprint density at radius 2 is 1.74 bits per heavy atom. The van der Waals surface area contributed by atoms with E-state index in [-0.39, 0.29) is 0 Å². The molecule has 2 atom stereocenters. The Balaban J connectivity index is 2.70. The summed E-state index contributed by atoms with van der Waals surface area (Å²) in [7, 11) is -1.88. The van der Waals surface area contributed by atoms with Crippen LogP contribution in [0, 0.1) is 5.92 Å². The molecule has 1 rings (SSSR count). The number of unbranched alkanes of at least 4 members (excludes halogenated alkanes) is 1. The minimum atomic E-state index is -1.88. The molecule has 0 spiro atoms. The highest BCUT2D eigenvalue weighted by Gasteiger charge is 2.51. The van der Waals surface area contributed by atoms with Gasteiger partial charge in [-0.05, 0) is 29.0 Å². The van der Waals surface area contributed by atoms with E-state index in [1.54, 1.807) is 0 Å². The molecule has 4 heteroatoms. The van der Waals surface area contributed by atoms with Gasteiger partial charge in [0.05, 0.1) is 0 Å². The predicted octanol–water partition coefficient (Wildman–Crippen LogP) is 6.56. The minimum absolute atomic E-state index is 0.483. The van der Waals surface area contributed by atoms with E-state index in [1.165, 1.54) is 12.8 Å². The number of ether oxygens (including phenoxy) is 1. The predicted molar refractivity (Wildman–Crippen MR) is 97.2 cm³/mol. The van der Waals surface area contributed by atoms with Crippen molar-refractivity contribution < 1.29 is 13.8 Å². The Kier molecular flexibility index (Phi) is 9.43. The molecule has 0 aromatic heterocycles. The highest BCUT2D eigenvalue weighted by Crippen LogP contribution is 2.46. The molecular weight excluding hydrogens is 307 g/mol. The van der Waals surface area contributed by atoms with E-state index in [1.807, 2.05) is 44.2 Å². The van der Waals surface area contributed by atoms with Gasteiger partial charge in [-0.25, -0.2) is 0 Å². The summed E-state index contributed by atoms with van der Waals surface area (Å²) < 4.78 is 24.7. The maximum atomic E-state index is 12.8. The Morgan fingerprint density at radius 1 is 1.09 bits per heavy atom. The standard InChI is InChI=1S/C19H32O3P/c1-5-9-13-17(6-2)16-21-23(20)19(7-3,8-4)22-18-14-11-10-12-15-18/h10-12,14-15,17H,5-9,13,16H2,1-4H3/q+1. The number of rotatable bonds is 12. The lowest BCUT2D eigenvalue weighted by molar-refractivity contribution is 0.119. The minimum Gasteiger partial charge on any atom is -0.442 e. The van der Waals surface area contributed by atoms with Crippen molar-refractivity contribution in [3.63, 3.8) is 0 Å². The molecule has 0 saturated carbocycles. The Morgan fingerprint density at radius 3 is 2.26 bits per heavy atom. The summed E-state index contributed by atoms with van der Waals surface area (Å²) in [6.07, 6.45) is 5.92. The van der Waals surface area contributed by atoms with E-state index >= 15 is 0 Å². The van der Waals surface area contributed by atoms with Gasteiger partial charge in [-0.15, -0.1) is 4.52 Å². The van der Waals surface area contributed by atoms with Crippen molar-refractivity contribution >= 4 is 8.03 Å². The summed E-state index contributed by atoms with van der Waals surface area (Å²) in [5, 5.41) is -0.736. The second-order valence-corrected chi connectivity index (χ2v) is 7.63. The third kappa shape index (κ3) is 6.24. The molecule has 0 saturated heterocycles. The molecule has 0 N–H and O–H groups in total. The number of hydrogen-bond donors (Lipinski definition) is 0. The Bertz CT molecular complexity index is 443. The Hall–Kier alpha value is -0.920. The number of hydrogen-bond acceptors (Lipinski definition) is 3. The zero-order valence-corrected chi connectivity index (χ0v) is 16.0. The molecule has 3 nitrogen and oxygen atoms in total. The van der Waals surface area contributed by atoms with Gasteiger partial charge in [-0.2, -0.15) is 0 Å². The van der Waals surface area contributed by atoms with Crippen LogP contribution in [0.4, 0.5) is 0 Å². The highest BCUT2D eigenvalue weighted by molar-refractivity contribution is 7.40. The van der Waals surface area contributed by atoms with Gasteiger partial charge in [0.15, 0.2) is 0 Å². The van der Waals surface area contributed by atoms with Crippen LogP contribution in [0.1, 0.15) is 66.2 Å². The fraction of sp³-hybridized carbons (Fsp3) is 0.684. The fourth-order valence-corrected chi connectivity index (χ4v) is 3.86. The lowest BCUT2D eigenvalue weighted by Gasteiger charge is -2.22. The molecule has 1 aromatic carbocycles. The first-order chi connectivity index (χ1) is 11.1. The third-order valence-electron chi connectivity index (χ3n) is 4.46. The van der Waals surface area contributed by atoms with Crippen molar-refractivity contribution in [2.75, 3.05) is 6.61 Å². The average molecular weight is 339 g/mol. The van der Waals surface area contributed by atoms with Crippen molar-refractivity contribution in [2.45, 2.75) is 71.6 Å². The van der Waals surface area contributed by atoms with Crippen LogP contribution < -0.4 is 4.74 Å². The molecule has 0 amide bonds. The van der Waals surface area contributed by atoms with Crippen molar-refractivity contribution in [3.8, 4) is 5.75 Å². The van der Waals surface area contributed by atoms with Gasteiger partial charge in [0, 0.05) is 12.8 Å². The van der Waals surface area contributed by atoms with Gasteiger partial charge in [0.1, 0.15) is 12.4 Å². The molecule has 0 aliphatic heterocycles. The van der Waals surface area contributed by atoms with Gasteiger partial charge in [0.25, 0.3) is 0 Å². The third-order valence-corrected chi connectivity index (χ3v) is 6.23. The van der Waals surface area contributed by atoms with Gasteiger partial charge in [0.2, 0.25) is 0 Å². The summed E-state index contributed by atoms with van der Waals surface area (Å²) in [5.74, 6) is 1.23. The van der Waals surface area contributed by atoms with Crippen molar-refractivity contribution in [1.82, 2.24) is 0 Å². The van der Waals surface area contributed by atoms with Crippen LogP contribution in [0.3, 0.4) is 0 Å². The summed E-state index contributed by atoms with van der Waals surface area (Å²) in [6, 6.07) is 9.61. The molecule has 0 aliphatic rings. The summed E-state index contributed by atoms with van der Waals surface area (Å²) in [6.45, 7) is 8.95. The highest BCUT2D eigenvalue weighted by atomic mass is 31.1. The molecule has 1 aromatic rings. The van der Waals surface area contributed by atoms with E-state index in [4.69, 9.17) is 9.26 Å². The number of para-hydroxylation sites is 1. The van der Waals surface area contributed by atoms with Crippen LogP contribution >= 0.6 is 8.03 Å². The molecule has 0 heterocycles. The zero-order chi connectivity index (χ0) is 17.1. The summed E-state index contributed by atoms with van der Waals surface area (Å²) >= 11 is 0. The van der Waals surface area contributed by atoms with Crippen LogP contribution in [0.25, 0.3) is 0 Å². The van der Waals surface area contributed by atoms with Crippen LogP contribution in [-0.4, -0.2) is 11.9 Å². The van der Waals surface area contributed by atoms with Gasteiger partial charge >= 0.3 is 13.4 Å². The molecule has 23 heavy (non-hydrogen) atoms. The SMILES string of the molecule is CCCCC(CC)CO[P+](=O)C(CC)(CC)Oc1ccccc1. The first-order valence-electron chi connectivity index (χ1n) is 8.96. The van der Waals surface area contributed by atoms with Gasteiger partial charge in [-0.1, -0.05) is 65.2 Å². The molecule has 0 radical (unpaired) electrons. The Labute approximate surface area is 142 Å². The normalized spacial score (nSPS) is 13.7. The maximum Gasteiger partial charge on any atom is 0.556 e. The van der Waals surface area contributed by atoms with Crippen molar-refractivity contribution in [2.24, 2.45) is 5.92 Å². The fourth-order valence-electron chi connectivity index (χ4n) is 2.59. The van der Waals surface area contributed by atoms with E-state index in [0.29, 0.717) is 25.4 Å². The second-order valence-electron chi connectivity index (χ2n) is 6.04. The second kappa shape index (κ2) is 10.8. The van der Waals surface area contributed by atoms with Crippen LogP contribution in [-0.2, 0) is 9.09 Å². The van der Waals surface area contributed by atoms with Crippen molar-refractivity contribution in [1.29, 1.82) is 0 Å². The molecule has 2 unspecified atom stereocenters. The van der Waals surface area contributed by atoms with Crippen LogP contribution in [0.5, 0.6) is 5.75 Å². The molecule has 0 aliphatic carbocycles. The molecular formula is C19H32O3P+. The maximum absolute atomic E-state index is 12.8. The quantitative estimate of drug-likeness (QED) is 0.405. The van der Waals surface area contributed by atoms with Gasteiger partial charge < -0.3 is 4.74 Å². The lowest BCUT2D eigenvalue weighted by Crippen LogP contribution is -2.31. The largest absolute Gasteiger partial charge is 0.556 e. The van der Waals surface area contributed by atoms with Crippen LogP contribution in [0.2, 0.25) is 0 Å². The van der Waals surface area contributed by atoms with E-state index in [2.05, 4.69) is 13.8 Å². The van der Waals surface area contributed by atoms with E-state index in [9.17, 15) is 4.57 Å². The average Bonchev–Trinajstić information content (AvgIpc) is 2.60. The van der Waals surface area contributed by atoms with E-state index < -0.39 is 13.4 Å².